The summed E-state index contributed by atoms with van der Waals surface area (Å²) in [5.74, 6) is 0.276. The van der Waals surface area contributed by atoms with Gasteiger partial charge in [0.2, 0.25) is 0 Å². The van der Waals surface area contributed by atoms with Crippen LogP contribution >= 0.6 is 0 Å². The molecule has 0 aliphatic rings. The maximum atomic E-state index is 12.2. The van der Waals surface area contributed by atoms with Crippen molar-refractivity contribution in [2.45, 2.75) is 18.8 Å². The first-order valence-corrected chi connectivity index (χ1v) is 5.63. The lowest BCUT2D eigenvalue weighted by molar-refractivity contribution is -0.201. The van der Waals surface area contributed by atoms with Crippen LogP contribution in [0.4, 0.5) is 13.2 Å². The van der Waals surface area contributed by atoms with Crippen molar-refractivity contribution in [3.8, 4) is 0 Å². The molecule has 19 heavy (non-hydrogen) atoms. The van der Waals surface area contributed by atoms with E-state index in [1.54, 1.807) is 18.1 Å². The molecule has 8 heteroatoms. The van der Waals surface area contributed by atoms with Crippen LogP contribution in [0.2, 0.25) is 0 Å². The van der Waals surface area contributed by atoms with Gasteiger partial charge < -0.3 is 20.3 Å². The molecule has 0 aromatic carbocycles. The van der Waals surface area contributed by atoms with Gasteiger partial charge in [-0.15, -0.1) is 0 Å². The van der Waals surface area contributed by atoms with Gasteiger partial charge in [0.25, 0.3) is 0 Å². The van der Waals surface area contributed by atoms with Crippen molar-refractivity contribution in [1.29, 1.82) is 0 Å². The van der Waals surface area contributed by atoms with E-state index in [9.17, 15) is 13.2 Å². The summed E-state index contributed by atoms with van der Waals surface area (Å²) < 4.78 is 36.5. The van der Waals surface area contributed by atoms with Crippen molar-refractivity contribution < 1.29 is 18.3 Å². The molecule has 1 heterocycles. The molecule has 0 fully saturated rings. The van der Waals surface area contributed by atoms with Crippen molar-refractivity contribution in [2.24, 2.45) is 4.99 Å². The highest BCUT2D eigenvalue weighted by Gasteiger charge is 2.38. The van der Waals surface area contributed by atoms with Gasteiger partial charge in [-0.25, -0.2) is 0 Å². The fourth-order valence-electron chi connectivity index (χ4n) is 1.48. The second kappa shape index (κ2) is 6.46. The van der Waals surface area contributed by atoms with Gasteiger partial charge >= 0.3 is 6.18 Å². The quantitative estimate of drug-likeness (QED) is 0.567. The van der Waals surface area contributed by atoms with E-state index in [0.717, 1.165) is 5.69 Å². The molecule has 1 aromatic heterocycles. The van der Waals surface area contributed by atoms with Crippen molar-refractivity contribution in [3.05, 3.63) is 24.0 Å². The summed E-state index contributed by atoms with van der Waals surface area (Å²) in [6, 6.07) is 3.68. The average molecular weight is 278 g/mol. The van der Waals surface area contributed by atoms with Gasteiger partial charge in [-0.05, 0) is 12.1 Å². The number of hydrogen-bond donors (Lipinski definition) is 3. The molecule has 1 rings (SSSR count). The van der Waals surface area contributed by atoms with Crippen LogP contribution in [0.5, 0.6) is 0 Å². The van der Waals surface area contributed by atoms with Crippen LogP contribution in [-0.4, -0.2) is 53.9 Å². The minimum absolute atomic E-state index is 0.276. The number of halogens is 3. The molecule has 5 nitrogen and oxygen atoms in total. The van der Waals surface area contributed by atoms with Crippen LogP contribution in [0.1, 0.15) is 5.69 Å². The molecule has 0 saturated heterocycles. The highest BCUT2D eigenvalue weighted by atomic mass is 19.4. The minimum atomic E-state index is -4.64. The number of aromatic nitrogens is 1. The molecule has 1 atom stereocenters. The molecule has 0 amide bonds. The zero-order valence-electron chi connectivity index (χ0n) is 10.7. The number of rotatable bonds is 4. The van der Waals surface area contributed by atoms with Gasteiger partial charge in [0.05, 0.1) is 13.1 Å². The van der Waals surface area contributed by atoms with Gasteiger partial charge in [-0.2, -0.15) is 13.2 Å². The van der Waals surface area contributed by atoms with Gasteiger partial charge in [0.15, 0.2) is 12.1 Å². The maximum Gasteiger partial charge on any atom is 0.416 e. The first kappa shape index (κ1) is 15.4. The Labute approximate surface area is 109 Å². The summed E-state index contributed by atoms with van der Waals surface area (Å²) in [7, 11) is 3.16. The fourth-order valence-corrected chi connectivity index (χ4v) is 1.48. The number of aliphatic hydroxyl groups is 1. The van der Waals surface area contributed by atoms with Crippen LogP contribution in [0.3, 0.4) is 0 Å². The van der Waals surface area contributed by atoms with Crippen LogP contribution in [-0.2, 0) is 6.54 Å². The Morgan fingerprint density at radius 2 is 2.26 bits per heavy atom. The molecule has 1 aromatic rings. The Balaban J connectivity index is 2.50. The second-order valence-electron chi connectivity index (χ2n) is 4.04. The molecule has 0 spiro atoms. The molecule has 0 aliphatic heterocycles. The summed E-state index contributed by atoms with van der Waals surface area (Å²) in [5.41, 5.74) is 0.904. The van der Waals surface area contributed by atoms with Crippen molar-refractivity contribution in [1.82, 2.24) is 15.2 Å². The van der Waals surface area contributed by atoms with Crippen LogP contribution in [0.15, 0.2) is 23.3 Å². The van der Waals surface area contributed by atoms with Crippen molar-refractivity contribution in [2.75, 3.05) is 20.6 Å². The summed E-state index contributed by atoms with van der Waals surface area (Å²) >= 11 is 0. The number of guanidine groups is 1. The Kier molecular flexibility index (Phi) is 5.22. The van der Waals surface area contributed by atoms with Gasteiger partial charge in [-0.1, -0.05) is 0 Å². The van der Waals surface area contributed by atoms with E-state index >= 15 is 0 Å². The Bertz CT molecular complexity index is 403. The molecule has 1 unspecified atom stereocenters. The monoisotopic (exact) mass is 278 g/mol. The molecule has 0 bridgehead atoms. The van der Waals surface area contributed by atoms with E-state index in [2.05, 4.69) is 15.3 Å². The number of hydrogen-bond acceptors (Lipinski definition) is 2. The smallest absolute Gasteiger partial charge is 0.382 e. The average Bonchev–Trinajstić information content (AvgIpc) is 2.81. The number of aliphatic hydroxyl groups excluding tert-OH is 1. The van der Waals surface area contributed by atoms with E-state index in [0.29, 0.717) is 6.54 Å². The topological polar surface area (TPSA) is 63.7 Å². The summed E-state index contributed by atoms with van der Waals surface area (Å²) in [6.45, 7) is -0.167. The third-order valence-electron chi connectivity index (χ3n) is 2.47. The largest absolute Gasteiger partial charge is 0.416 e. The number of aliphatic imine (C=N–C) groups is 1. The van der Waals surface area contributed by atoms with Gasteiger partial charge in [0, 0.05) is 26.0 Å². The molecule has 0 saturated carbocycles. The lowest BCUT2D eigenvalue weighted by atomic mass is 10.3. The Morgan fingerprint density at radius 3 is 2.74 bits per heavy atom. The van der Waals surface area contributed by atoms with E-state index in [-0.39, 0.29) is 5.96 Å². The minimum Gasteiger partial charge on any atom is -0.382 e. The van der Waals surface area contributed by atoms with E-state index in [1.807, 2.05) is 12.1 Å². The lowest BCUT2D eigenvalue weighted by Crippen LogP contribution is -2.45. The normalized spacial score (nSPS) is 14.3. The molecule has 0 radical (unpaired) electrons. The van der Waals surface area contributed by atoms with E-state index < -0.39 is 18.8 Å². The number of alkyl halides is 3. The fraction of sp³-hybridized carbons (Fsp3) is 0.545. The van der Waals surface area contributed by atoms with Crippen LogP contribution in [0.25, 0.3) is 0 Å². The zero-order chi connectivity index (χ0) is 14.5. The molecular formula is C11H17F3N4O. The van der Waals surface area contributed by atoms with Crippen LogP contribution < -0.4 is 5.32 Å². The predicted octanol–water partition coefficient (Wildman–Crippen LogP) is 0.945. The van der Waals surface area contributed by atoms with E-state index in [4.69, 9.17) is 5.11 Å². The van der Waals surface area contributed by atoms with Gasteiger partial charge in [-0.3, -0.25) is 4.99 Å². The van der Waals surface area contributed by atoms with Gasteiger partial charge in [0.1, 0.15) is 0 Å². The van der Waals surface area contributed by atoms with Crippen molar-refractivity contribution >= 4 is 5.96 Å². The number of H-pyrrole nitrogens is 1. The maximum absolute atomic E-state index is 12.2. The lowest BCUT2D eigenvalue weighted by Gasteiger charge is -2.23. The zero-order valence-corrected chi connectivity index (χ0v) is 10.7. The Hall–Kier alpha value is -1.70. The molecule has 0 aliphatic carbocycles. The predicted molar refractivity (Wildman–Crippen MR) is 65.7 cm³/mol. The van der Waals surface area contributed by atoms with Crippen LogP contribution in [0, 0.1) is 0 Å². The third-order valence-corrected chi connectivity index (χ3v) is 2.47. The standard InChI is InChI=1S/C11H17F3N4O/c1-15-10(17-6-9(19)11(12,13)14)18(2)7-8-4-3-5-16-8/h3-5,9,16,19H,6-7H2,1-2H3,(H,15,17). The number of nitrogens with zero attached hydrogens (tertiary/aromatic N) is 2. The summed E-state index contributed by atoms with van der Waals surface area (Å²) in [5, 5.41) is 11.4. The highest BCUT2D eigenvalue weighted by molar-refractivity contribution is 5.79. The highest BCUT2D eigenvalue weighted by Crippen LogP contribution is 2.19. The second-order valence-corrected chi connectivity index (χ2v) is 4.04. The molecular weight excluding hydrogens is 261 g/mol. The first-order chi connectivity index (χ1) is 8.84. The molecule has 108 valence electrons. The number of nitrogens with one attached hydrogen (secondary N) is 2. The summed E-state index contributed by atoms with van der Waals surface area (Å²) in [6.07, 6.45) is -5.29. The summed E-state index contributed by atoms with van der Waals surface area (Å²) in [4.78, 5) is 8.49. The van der Waals surface area contributed by atoms with E-state index in [1.165, 1.54) is 7.05 Å². The Morgan fingerprint density at radius 1 is 1.58 bits per heavy atom. The SMILES string of the molecule is CN=C(NCC(O)C(F)(F)F)N(C)Cc1ccc[nH]1. The third kappa shape index (κ3) is 4.82. The molecule has 3 N–H and O–H groups in total. The first-order valence-electron chi connectivity index (χ1n) is 5.63. The van der Waals surface area contributed by atoms with Crippen molar-refractivity contribution in [3.63, 3.8) is 0 Å². The number of aromatic amines is 1.